The van der Waals surface area contributed by atoms with Crippen LogP contribution in [-0.4, -0.2) is 38.3 Å². The van der Waals surface area contributed by atoms with Crippen molar-refractivity contribution >= 4 is 40.4 Å². The van der Waals surface area contributed by atoms with Crippen molar-refractivity contribution in [3.8, 4) is 0 Å². The predicted octanol–water partition coefficient (Wildman–Crippen LogP) is 1.18. The van der Waals surface area contributed by atoms with Crippen molar-refractivity contribution in [1.82, 2.24) is 19.9 Å². The molecule has 0 spiro atoms. The molecule has 10 heteroatoms. The fourth-order valence-electron chi connectivity index (χ4n) is 1.77. The smallest absolute Gasteiger partial charge is 0.399 e. The van der Waals surface area contributed by atoms with Crippen LogP contribution >= 0.6 is 15.9 Å². The summed E-state index contributed by atoms with van der Waals surface area (Å²) >= 11 is 3.16. The second-order valence-electron chi connectivity index (χ2n) is 6.22. The second kappa shape index (κ2) is 7.00. The molecule has 1 aliphatic rings. The summed E-state index contributed by atoms with van der Waals surface area (Å²) in [5.41, 5.74) is 10.7. The van der Waals surface area contributed by atoms with Gasteiger partial charge in [0.15, 0.2) is 0 Å². The number of hydrogen-bond donors (Lipinski definition) is 2. The van der Waals surface area contributed by atoms with E-state index in [-0.39, 0.29) is 17.2 Å². The molecule has 128 valence electrons. The Bertz CT molecular complexity index is 644. The monoisotopic (exact) mass is 394 g/mol. The van der Waals surface area contributed by atoms with Gasteiger partial charge in [0.2, 0.25) is 11.9 Å². The van der Waals surface area contributed by atoms with Crippen LogP contribution < -0.4 is 16.9 Å². The molecular formula is C14H20BBrN6O2. The Balaban J connectivity index is 0.000000219. The minimum Gasteiger partial charge on any atom is -0.399 e. The Kier molecular flexibility index (Phi) is 5.41. The lowest BCUT2D eigenvalue weighted by Crippen LogP contribution is -2.41. The molecule has 0 bridgehead atoms. The summed E-state index contributed by atoms with van der Waals surface area (Å²) in [4.78, 5) is 15.2. The Morgan fingerprint density at radius 1 is 0.833 bits per heavy atom. The van der Waals surface area contributed by atoms with Gasteiger partial charge in [0.05, 0.1) is 15.7 Å². The van der Waals surface area contributed by atoms with Gasteiger partial charge in [0, 0.05) is 30.3 Å². The molecule has 0 aromatic carbocycles. The molecule has 0 saturated carbocycles. The summed E-state index contributed by atoms with van der Waals surface area (Å²) in [6.07, 6.45) is 6.46. The molecule has 0 radical (unpaired) electrons. The van der Waals surface area contributed by atoms with E-state index in [1.54, 1.807) is 24.8 Å². The summed E-state index contributed by atoms with van der Waals surface area (Å²) in [7, 11) is -0.425. The molecule has 3 heterocycles. The van der Waals surface area contributed by atoms with Crippen LogP contribution in [0.15, 0.2) is 29.3 Å². The van der Waals surface area contributed by atoms with Crippen molar-refractivity contribution in [2.75, 3.05) is 11.5 Å². The first-order chi connectivity index (χ1) is 11.1. The first-order valence-electron chi connectivity index (χ1n) is 7.27. The number of nitrogens with zero attached hydrogens (tertiary/aromatic N) is 4. The molecule has 1 saturated heterocycles. The number of rotatable bonds is 1. The summed E-state index contributed by atoms with van der Waals surface area (Å²) < 4.78 is 12.5. The first kappa shape index (κ1) is 18.6. The minimum absolute atomic E-state index is 0.250. The Morgan fingerprint density at radius 2 is 1.21 bits per heavy atom. The van der Waals surface area contributed by atoms with Crippen LogP contribution in [0, 0.1) is 0 Å². The van der Waals surface area contributed by atoms with Crippen molar-refractivity contribution < 1.29 is 9.31 Å². The van der Waals surface area contributed by atoms with Crippen molar-refractivity contribution in [1.29, 1.82) is 0 Å². The number of aromatic nitrogens is 4. The van der Waals surface area contributed by atoms with Gasteiger partial charge in [-0.25, -0.2) is 19.9 Å². The van der Waals surface area contributed by atoms with E-state index in [2.05, 4.69) is 35.9 Å². The number of halogens is 1. The summed E-state index contributed by atoms with van der Waals surface area (Å²) in [6.45, 7) is 8.02. The van der Waals surface area contributed by atoms with Crippen LogP contribution in [0.5, 0.6) is 0 Å². The van der Waals surface area contributed by atoms with Gasteiger partial charge < -0.3 is 20.8 Å². The van der Waals surface area contributed by atoms with Crippen molar-refractivity contribution in [3.05, 3.63) is 29.3 Å². The number of hydrogen-bond acceptors (Lipinski definition) is 8. The van der Waals surface area contributed by atoms with E-state index in [1.807, 2.05) is 27.7 Å². The standard InChI is InChI=1S/C10H16BN3O2.C4H4BrN3/c1-9(2)10(3,4)16-11(15-9)7-5-13-8(12)14-6-7;5-3-1-7-4(6)8-2-3/h5-6H,1-4H3,(H2,12,13,14);1-2H,(H2,6,7,8). The fraction of sp³-hybridized carbons (Fsp3) is 0.429. The molecule has 0 atom stereocenters. The van der Waals surface area contributed by atoms with E-state index < -0.39 is 7.12 Å². The molecule has 0 amide bonds. The molecule has 24 heavy (non-hydrogen) atoms. The quantitative estimate of drug-likeness (QED) is 0.691. The van der Waals surface area contributed by atoms with Gasteiger partial charge in [-0.15, -0.1) is 0 Å². The molecule has 2 aromatic heterocycles. The van der Waals surface area contributed by atoms with Crippen LogP contribution in [0.2, 0.25) is 0 Å². The van der Waals surface area contributed by atoms with E-state index in [4.69, 9.17) is 20.8 Å². The average Bonchev–Trinajstić information content (AvgIpc) is 2.72. The molecule has 1 fully saturated rings. The summed E-state index contributed by atoms with van der Waals surface area (Å²) in [6, 6.07) is 0. The fourth-order valence-corrected chi connectivity index (χ4v) is 1.98. The highest BCUT2D eigenvalue weighted by atomic mass is 79.9. The lowest BCUT2D eigenvalue weighted by molar-refractivity contribution is 0.00578. The van der Waals surface area contributed by atoms with Gasteiger partial charge in [0.25, 0.3) is 0 Å². The number of nitrogens with two attached hydrogens (primary N) is 2. The maximum atomic E-state index is 5.85. The Labute approximate surface area is 149 Å². The largest absolute Gasteiger partial charge is 0.498 e. The van der Waals surface area contributed by atoms with Gasteiger partial charge in [-0.3, -0.25) is 0 Å². The second-order valence-corrected chi connectivity index (χ2v) is 7.14. The molecule has 0 aliphatic carbocycles. The predicted molar refractivity (Wildman–Crippen MR) is 96.3 cm³/mol. The van der Waals surface area contributed by atoms with Crippen LogP contribution in [0.25, 0.3) is 0 Å². The highest BCUT2D eigenvalue weighted by molar-refractivity contribution is 9.10. The zero-order valence-corrected chi connectivity index (χ0v) is 15.6. The lowest BCUT2D eigenvalue weighted by atomic mass is 9.81. The zero-order valence-electron chi connectivity index (χ0n) is 14.0. The molecule has 2 aromatic rings. The van der Waals surface area contributed by atoms with E-state index in [1.165, 1.54) is 0 Å². The molecule has 3 rings (SSSR count). The third kappa shape index (κ3) is 4.40. The average molecular weight is 395 g/mol. The SMILES string of the molecule is CC1(C)OB(c2cnc(N)nc2)OC1(C)C.Nc1ncc(Br)cn1. The minimum atomic E-state index is -0.425. The van der Waals surface area contributed by atoms with E-state index in [0.29, 0.717) is 5.95 Å². The molecule has 0 unspecified atom stereocenters. The van der Waals surface area contributed by atoms with Crippen molar-refractivity contribution in [3.63, 3.8) is 0 Å². The van der Waals surface area contributed by atoms with Crippen molar-refractivity contribution in [2.45, 2.75) is 38.9 Å². The number of nitrogen functional groups attached to an aromatic ring is 2. The van der Waals surface area contributed by atoms with Crippen LogP contribution in [0.1, 0.15) is 27.7 Å². The Hall–Kier alpha value is -1.78. The van der Waals surface area contributed by atoms with Gasteiger partial charge in [-0.1, -0.05) is 0 Å². The van der Waals surface area contributed by atoms with Gasteiger partial charge >= 0.3 is 7.12 Å². The normalized spacial score (nSPS) is 18.0. The van der Waals surface area contributed by atoms with Gasteiger partial charge in [0.1, 0.15) is 0 Å². The summed E-state index contributed by atoms with van der Waals surface area (Å²) in [5, 5.41) is 0. The maximum Gasteiger partial charge on any atom is 0.498 e. The van der Waals surface area contributed by atoms with Gasteiger partial charge in [-0.2, -0.15) is 0 Å². The van der Waals surface area contributed by atoms with E-state index >= 15 is 0 Å². The third-order valence-electron chi connectivity index (χ3n) is 3.86. The molecule has 1 aliphatic heterocycles. The zero-order chi connectivity index (χ0) is 18.0. The van der Waals surface area contributed by atoms with Crippen LogP contribution in [-0.2, 0) is 9.31 Å². The molecule has 4 N–H and O–H groups in total. The van der Waals surface area contributed by atoms with Gasteiger partial charge in [-0.05, 0) is 43.6 Å². The van der Waals surface area contributed by atoms with Crippen LogP contribution in [0.4, 0.5) is 11.9 Å². The summed E-state index contributed by atoms with van der Waals surface area (Å²) in [5.74, 6) is 0.550. The highest BCUT2D eigenvalue weighted by Crippen LogP contribution is 2.36. The highest BCUT2D eigenvalue weighted by Gasteiger charge is 2.51. The van der Waals surface area contributed by atoms with E-state index in [0.717, 1.165) is 9.94 Å². The molecular weight excluding hydrogens is 375 g/mol. The molecule has 8 nitrogen and oxygen atoms in total. The third-order valence-corrected chi connectivity index (χ3v) is 4.27. The number of anilines is 2. The lowest BCUT2D eigenvalue weighted by Gasteiger charge is -2.32. The maximum absolute atomic E-state index is 5.85. The van der Waals surface area contributed by atoms with Crippen LogP contribution in [0.3, 0.4) is 0 Å². The van der Waals surface area contributed by atoms with Crippen molar-refractivity contribution in [2.24, 2.45) is 0 Å². The van der Waals surface area contributed by atoms with E-state index in [9.17, 15) is 0 Å². The Morgan fingerprint density at radius 3 is 1.58 bits per heavy atom. The topological polar surface area (TPSA) is 122 Å². The first-order valence-corrected chi connectivity index (χ1v) is 8.06.